The first-order valence-corrected chi connectivity index (χ1v) is 18.3. The molecule has 244 valence electrons. The molecule has 51 heavy (non-hydrogen) atoms. The molecule has 3 heterocycles. The van der Waals surface area contributed by atoms with Gasteiger partial charge in [-0.1, -0.05) is 127 Å². The van der Waals surface area contributed by atoms with Crippen molar-refractivity contribution in [1.82, 2.24) is 9.47 Å². The van der Waals surface area contributed by atoms with Crippen LogP contribution in [0.4, 0.5) is 0 Å². The van der Waals surface area contributed by atoms with Gasteiger partial charge in [0.15, 0.2) is 0 Å². The van der Waals surface area contributed by atoms with Gasteiger partial charge in [-0.2, -0.15) is 0 Å². The van der Waals surface area contributed by atoms with E-state index >= 15 is 0 Å². The van der Waals surface area contributed by atoms with E-state index in [1.54, 1.807) is 0 Å². The molecule has 3 atom stereocenters. The minimum atomic E-state index is 0.186. The number of allylic oxidation sites excluding steroid dienone is 5. The third-order valence-corrected chi connectivity index (χ3v) is 11.5. The normalized spacial score (nSPS) is 20.7. The molecule has 5 aromatic carbocycles. The summed E-state index contributed by atoms with van der Waals surface area (Å²) >= 11 is 0. The second kappa shape index (κ2) is 11.2. The summed E-state index contributed by atoms with van der Waals surface area (Å²) in [6.07, 6.45) is 19.9. The molecule has 7 aromatic rings. The molecular formula is C48H36N2O. The van der Waals surface area contributed by atoms with E-state index in [0.29, 0.717) is 5.92 Å². The highest BCUT2D eigenvalue weighted by molar-refractivity contribution is 6.10. The van der Waals surface area contributed by atoms with Crippen molar-refractivity contribution in [3.05, 3.63) is 186 Å². The Morgan fingerprint density at radius 1 is 0.627 bits per heavy atom. The van der Waals surface area contributed by atoms with Crippen LogP contribution in [0, 0.1) is 5.92 Å². The van der Waals surface area contributed by atoms with E-state index in [0.717, 1.165) is 30.6 Å². The highest BCUT2D eigenvalue weighted by Crippen LogP contribution is 2.51. The molecule has 4 aliphatic rings. The van der Waals surface area contributed by atoms with Crippen LogP contribution in [0.15, 0.2) is 173 Å². The maximum Gasteiger partial charge on any atom is 0.135 e. The quantitative estimate of drug-likeness (QED) is 0.188. The Hall–Kier alpha value is -6.06. The number of benzene rings is 5. The van der Waals surface area contributed by atoms with Gasteiger partial charge in [0, 0.05) is 39.0 Å². The van der Waals surface area contributed by atoms with E-state index < -0.39 is 0 Å². The van der Waals surface area contributed by atoms with Gasteiger partial charge in [0.1, 0.15) is 11.3 Å². The zero-order valence-corrected chi connectivity index (χ0v) is 28.2. The lowest BCUT2D eigenvalue weighted by atomic mass is 9.84. The summed E-state index contributed by atoms with van der Waals surface area (Å²) in [4.78, 5) is 2.71. The predicted octanol–water partition coefficient (Wildman–Crippen LogP) is 12.2. The lowest BCUT2D eigenvalue weighted by Crippen LogP contribution is -2.36. The van der Waals surface area contributed by atoms with Crippen LogP contribution in [0.5, 0.6) is 0 Å². The van der Waals surface area contributed by atoms with Crippen LogP contribution >= 0.6 is 0 Å². The van der Waals surface area contributed by atoms with Crippen LogP contribution in [-0.4, -0.2) is 15.5 Å². The standard InChI is InChI=1S/C48H36N2O/c1-2-12-31(13-3-1)32-14-10-15-35(28-32)49-42-20-7-4-16-36(42)40-29-33(24-26-44(40)49)34-25-27-45-41(30-34)37-17-5-8-21-43(37)50(45)46-22-11-19-39-38-18-6-9-23-47(38)51-48(39)46/h1-7,9-20,23-30,41,45-46H,8,21-22H2. The lowest BCUT2D eigenvalue weighted by molar-refractivity contribution is 0.190. The number of aromatic nitrogens is 1. The number of furan rings is 1. The topological polar surface area (TPSA) is 21.3 Å². The van der Waals surface area contributed by atoms with Crippen LogP contribution in [0.1, 0.15) is 42.2 Å². The van der Waals surface area contributed by atoms with Crippen LogP contribution < -0.4 is 0 Å². The minimum Gasteiger partial charge on any atom is -0.458 e. The van der Waals surface area contributed by atoms with Crippen molar-refractivity contribution in [3.8, 4) is 16.8 Å². The number of fused-ring (bicyclic) bond motifs is 8. The fraction of sp³-hybridized carbons (Fsp3) is 0.125. The molecule has 1 aliphatic heterocycles. The maximum absolute atomic E-state index is 6.63. The van der Waals surface area contributed by atoms with Gasteiger partial charge >= 0.3 is 0 Å². The Morgan fingerprint density at radius 2 is 1.45 bits per heavy atom. The van der Waals surface area contributed by atoms with Crippen molar-refractivity contribution in [2.24, 2.45) is 5.92 Å². The van der Waals surface area contributed by atoms with Crippen LogP contribution in [0.2, 0.25) is 0 Å². The van der Waals surface area contributed by atoms with Crippen molar-refractivity contribution in [1.29, 1.82) is 0 Å². The first-order chi connectivity index (χ1) is 25.3. The van der Waals surface area contributed by atoms with Gasteiger partial charge in [0.05, 0.1) is 23.1 Å². The summed E-state index contributed by atoms with van der Waals surface area (Å²) in [6, 6.07) is 44.4. The van der Waals surface area contributed by atoms with E-state index in [4.69, 9.17) is 4.42 Å². The summed E-state index contributed by atoms with van der Waals surface area (Å²) in [6.45, 7) is 0. The molecule has 0 amide bonds. The van der Waals surface area contributed by atoms with Crippen LogP contribution in [0.3, 0.4) is 0 Å². The van der Waals surface area contributed by atoms with Crippen LogP contribution in [0.25, 0.3) is 61.2 Å². The molecule has 0 radical (unpaired) electrons. The van der Waals surface area contributed by atoms with E-state index in [1.165, 1.54) is 72.0 Å². The molecule has 11 rings (SSSR count). The van der Waals surface area contributed by atoms with E-state index in [-0.39, 0.29) is 12.1 Å². The van der Waals surface area contributed by atoms with Crippen molar-refractivity contribution in [2.75, 3.05) is 0 Å². The maximum atomic E-state index is 6.63. The fourth-order valence-electron chi connectivity index (χ4n) is 9.28. The highest BCUT2D eigenvalue weighted by Gasteiger charge is 2.44. The minimum absolute atomic E-state index is 0.186. The van der Waals surface area contributed by atoms with Crippen molar-refractivity contribution < 1.29 is 4.42 Å². The molecule has 3 aliphatic carbocycles. The lowest BCUT2D eigenvalue weighted by Gasteiger charge is -2.38. The third kappa shape index (κ3) is 4.37. The second-order valence-electron chi connectivity index (χ2n) is 14.3. The number of rotatable bonds is 4. The van der Waals surface area contributed by atoms with Crippen LogP contribution in [-0.2, 0) is 0 Å². The average Bonchev–Trinajstić information content (AvgIpc) is 3.86. The number of nitrogens with zero attached hydrogens (tertiary/aromatic N) is 2. The molecule has 0 bridgehead atoms. The van der Waals surface area contributed by atoms with E-state index in [9.17, 15) is 0 Å². The Bertz CT molecular complexity index is 2690. The molecule has 0 saturated heterocycles. The molecular weight excluding hydrogens is 621 g/mol. The molecule has 3 nitrogen and oxygen atoms in total. The average molecular weight is 657 g/mol. The molecule has 0 N–H and O–H groups in total. The first kappa shape index (κ1) is 28.7. The first-order valence-electron chi connectivity index (χ1n) is 18.3. The van der Waals surface area contributed by atoms with E-state index in [1.807, 2.05) is 0 Å². The summed E-state index contributed by atoms with van der Waals surface area (Å²) < 4.78 is 9.05. The number of hydrogen-bond donors (Lipinski definition) is 0. The Labute approximate surface area is 297 Å². The SMILES string of the molecule is C1=CC2=C(CC1)N(C1CC=Cc3c1oc1ccccc31)C1C=CC(c3ccc4c(c3)c3ccccc3n4-c3cccc(-c4ccccc4)c3)=CC21. The summed E-state index contributed by atoms with van der Waals surface area (Å²) in [5, 5.41) is 3.77. The van der Waals surface area contributed by atoms with Crippen molar-refractivity contribution >= 4 is 44.4 Å². The van der Waals surface area contributed by atoms with Gasteiger partial charge in [-0.25, -0.2) is 0 Å². The van der Waals surface area contributed by atoms with Gasteiger partial charge in [-0.15, -0.1) is 0 Å². The number of para-hydroxylation sites is 2. The summed E-state index contributed by atoms with van der Waals surface area (Å²) in [5.74, 6) is 1.41. The second-order valence-corrected chi connectivity index (χ2v) is 14.3. The smallest absolute Gasteiger partial charge is 0.135 e. The van der Waals surface area contributed by atoms with Gasteiger partial charge in [-0.05, 0) is 83.5 Å². The zero-order valence-electron chi connectivity index (χ0n) is 28.2. The largest absolute Gasteiger partial charge is 0.458 e. The van der Waals surface area contributed by atoms with E-state index in [2.05, 4.69) is 173 Å². The van der Waals surface area contributed by atoms with Crippen molar-refractivity contribution in [3.63, 3.8) is 0 Å². The molecule has 3 heteroatoms. The van der Waals surface area contributed by atoms with Gasteiger partial charge in [0.2, 0.25) is 0 Å². The Morgan fingerprint density at radius 3 is 2.39 bits per heavy atom. The van der Waals surface area contributed by atoms with Crippen molar-refractivity contribution in [2.45, 2.75) is 31.3 Å². The molecule has 2 aromatic heterocycles. The predicted molar refractivity (Wildman–Crippen MR) is 210 cm³/mol. The summed E-state index contributed by atoms with van der Waals surface area (Å²) in [7, 11) is 0. The Kier molecular flexibility index (Phi) is 6.33. The molecule has 0 fully saturated rings. The number of hydrogen-bond acceptors (Lipinski definition) is 2. The molecule has 0 spiro atoms. The van der Waals surface area contributed by atoms with Gasteiger partial charge in [-0.3, -0.25) is 0 Å². The third-order valence-electron chi connectivity index (χ3n) is 11.5. The Balaban J connectivity index is 0.993. The van der Waals surface area contributed by atoms with Gasteiger partial charge < -0.3 is 13.9 Å². The summed E-state index contributed by atoms with van der Waals surface area (Å²) in [5.41, 5.74) is 13.8. The zero-order chi connectivity index (χ0) is 33.5. The molecule has 0 saturated carbocycles. The van der Waals surface area contributed by atoms with Gasteiger partial charge in [0.25, 0.3) is 0 Å². The fourth-order valence-corrected chi connectivity index (χ4v) is 9.28. The molecule has 3 unspecified atom stereocenters. The monoisotopic (exact) mass is 656 g/mol. The highest BCUT2D eigenvalue weighted by atomic mass is 16.3.